The second kappa shape index (κ2) is 4.76. The Balaban J connectivity index is 1.98. The molecule has 0 bridgehead atoms. The Morgan fingerprint density at radius 3 is 2.42 bits per heavy atom. The lowest BCUT2D eigenvalue weighted by molar-refractivity contribution is 0.290. The Morgan fingerprint density at radius 1 is 0.958 bits per heavy atom. The van der Waals surface area contributed by atoms with Gasteiger partial charge in [-0.2, -0.15) is 0 Å². The van der Waals surface area contributed by atoms with Crippen LogP contribution < -0.4 is 0 Å². The lowest BCUT2D eigenvalue weighted by atomic mass is 9.68. The normalized spacial score (nSPS) is 18.3. The maximum absolute atomic E-state index is 5.10. The van der Waals surface area contributed by atoms with Gasteiger partial charge in [0.25, 0.3) is 0 Å². The largest absolute Gasteiger partial charge is 0.353 e. The SMILES string of the molecule is Cn1ccc2c1C(C)(C)C(C)(C)N=C2c1cnc2ccccc2n1. The minimum absolute atomic E-state index is 0.0612. The molecule has 122 valence electrons. The molecule has 2 aromatic heterocycles. The predicted octanol–water partition coefficient (Wildman–Crippen LogP) is 3.88. The Hall–Kier alpha value is -2.49. The van der Waals surface area contributed by atoms with E-state index in [9.17, 15) is 0 Å². The molecule has 0 aliphatic carbocycles. The highest BCUT2D eigenvalue weighted by molar-refractivity contribution is 6.14. The monoisotopic (exact) mass is 318 g/mol. The zero-order chi connectivity index (χ0) is 17.1. The van der Waals surface area contributed by atoms with E-state index >= 15 is 0 Å². The molecule has 0 saturated heterocycles. The van der Waals surface area contributed by atoms with Crippen LogP contribution in [-0.4, -0.2) is 25.8 Å². The van der Waals surface area contributed by atoms with Crippen LogP contribution in [0, 0.1) is 0 Å². The molecule has 0 amide bonds. The summed E-state index contributed by atoms with van der Waals surface area (Å²) in [5, 5.41) is 0. The second-order valence-corrected chi connectivity index (χ2v) is 7.58. The second-order valence-electron chi connectivity index (χ2n) is 7.58. The highest BCUT2D eigenvalue weighted by Gasteiger charge is 2.45. The summed E-state index contributed by atoms with van der Waals surface area (Å²) in [6.45, 7) is 8.91. The lowest BCUT2D eigenvalue weighted by Gasteiger charge is -2.43. The number of nitrogens with zero attached hydrogens (tertiary/aromatic N) is 4. The number of hydrogen-bond acceptors (Lipinski definition) is 3. The third-order valence-electron chi connectivity index (χ3n) is 5.53. The molecular weight excluding hydrogens is 296 g/mol. The molecule has 0 atom stereocenters. The van der Waals surface area contributed by atoms with Gasteiger partial charge in [0.15, 0.2) is 0 Å². The van der Waals surface area contributed by atoms with Crippen molar-refractivity contribution in [2.45, 2.75) is 38.6 Å². The van der Waals surface area contributed by atoms with Crippen molar-refractivity contribution in [3.05, 3.63) is 59.7 Å². The summed E-state index contributed by atoms with van der Waals surface area (Å²) in [6.07, 6.45) is 3.95. The van der Waals surface area contributed by atoms with Crippen LogP contribution >= 0.6 is 0 Å². The van der Waals surface area contributed by atoms with Gasteiger partial charge in [-0.25, -0.2) is 4.98 Å². The Morgan fingerprint density at radius 2 is 1.67 bits per heavy atom. The van der Waals surface area contributed by atoms with Gasteiger partial charge in [-0.1, -0.05) is 26.0 Å². The van der Waals surface area contributed by atoms with Crippen LogP contribution in [-0.2, 0) is 12.5 Å². The van der Waals surface area contributed by atoms with Gasteiger partial charge in [-0.3, -0.25) is 9.98 Å². The van der Waals surface area contributed by atoms with Gasteiger partial charge in [-0.05, 0) is 32.0 Å². The topological polar surface area (TPSA) is 43.1 Å². The van der Waals surface area contributed by atoms with E-state index in [1.165, 1.54) is 5.69 Å². The smallest absolute Gasteiger partial charge is 0.108 e. The van der Waals surface area contributed by atoms with E-state index < -0.39 is 0 Å². The van der Waals surface area contributed by atoms with Crippen molar-refractivity contribution in [2.75, 3.05) is 0 Å². The molecule has 24 heavy (non-hydrogen) atoms. The first kappa shape index (κ1) is 15.1. The zero-order valence-corrected chi connectivity index (χ0v) is 14.8. The summed E-state index contributed by atoms with van der Waals surface area (Å²) < 4.78 is 2.21. The number of hydrogen-bond donors (Lipinski definition) is 0. The summed E-state index contributed by atoms with van der Waals surface area (Å²) in [5.41, 5.74) is 5.75. The van der Waals surface area contributed by atoms with Crippen LogP contribution in [0.4, 0.5) is 0 Å². The quantitative estimate of drug-likeness (QED) is 0.683. The number of aliphatic imine (C=N–C) groups is 1. The predicted molar refractivity (Wildman–Crippen MR) is 97.7 cm³/mol. The number of aryl methyl sites for hydroxylation is 1. The number of rotatable bonds is 1. The minimum Gasteiger partial charge on any atom is -0.353 e. The number of aromatic nitrogens is 3. The fourth-order valence-corrected chi connectivity index (χ4v) is 3.53. The average molecular weight is 318 g/mol. The van der Waals surface area contributed by atoms with Gasteiger partial charge in [0.05, 0.1) is 28.5 Å². The molecule has 0 saturated carbocycles. The molecule has 0 unspecified atom stereocenters. The number of benzene rings is 1. The fraction of sp³-hybridized carbons (Fsp3) is 0.350. The third-order valence-corrected chi connectivity index (χ3v) is 5.53. The van der Waals surface area contributed by atoms with Crippen molar-refractivity contribution in [2.24, 2.45) is 12.0 Å². The van der Waals surface area contributed by atoms with E-state index in [0.717, 1.165) is 28.0 Å². The third kappa shape index (κ3) is 1.95. The molecule has 4 rings (SSSR count). The summed E-state index contributed by atoms with van der Waals surface area (Å²) in [4.78, 5) is 14.5. The van der Waals surface area contributed by atoms with Gasteiger partial charge in [-0.15, -0.1) is 0 Å². The number of fused-ring (bicyclic) bond motifs is 2. The van der Waals surface area contributed by atoms with E-state index in [1.54, 1.807) is 0 Å². The van der Waals surface area contributed by atoms with Crippen LogP contribution in [0.25, 0.3) is 11.0 Å². The van der Waals surface area contributed by atoms with Crippen LogP contribution in [0.1, 0.15) is 44.6 Å². The molecule has 4 heteroatoms. The molecule has 1 aromatic carbocycles. The van der Waals surface area contributed by atoms with Crippen molar-refractivity contribution >= 4 is 16.7 Å². The van der Waals surface area contributed by atoms with E-state index in [1.807, 2.05) is 30.5 Å². The van der Waals surface area contributed by atoms with Crippen LogP contribution in [0.15, 0.2) is 47.7 Å². The standard InChI is InChI=1S/C20H22N4/c1-19(2)18-13(10-11-24(18)5)17(23-20(19,3)4)16-12-21-14-8-6-7-9-15(14)22-16/h6-12H,1-5H3. The summed E-state index contributed by atoms with van der Waals surface area (Å²) in [5.74, 6) is 0. The van der Waals surface area contributed by atoms with Crippen molar-refractivity contribution in [3.8, 4) is 0 Å². The molecular formula is C20H22N4. The fourth-order valence-electron chi connectivity index (χ4n) is 3.53. The van der Waals surface area contributed by atoms with Crippen LogP contribution in [0.5, 0.6) is 0 Å². The van der Waals surface area contributed by atoms with Crippen LogP contribution in [0.2, 0.25) is 0 Å². The number of para-hydroxylation sites is 2. The molecule has 3 aromatic rings. The average Bonchev–Trinajstić information content (AvgIpc) is 2.93. The van der Waals surface area contributed by atoms with Crippen molar-refractivity contribution in [1.82, 2.24) is 14.5 Å². The van der Waals surface area contributed by atoms with Crippen molar-refractivity contribution < 1.29 is 0 Å². The van der Waals surface area contributed by atoms with E-state index in [-0.39, 0.29) is 11.0 Å². The van der Waals surface area contributed by atoms with E-state index in [2.05, 4.69) is 56.6 Å². The molecule has 4 nitrogen and oxygen atoms in total. The van der Waals surface area contributed by atoms with E-state index in [4.69, 9.17) is 9.98 Å². The first-order valence-corrected chi connectivity index (χ1v) is 8.29. The minimum atomic E-state index is -0.227. The Labute approximate surface area is 142 Å². The van der Waals surface area contributed by atoms with Gasteiger partial charge < -0.3 is 4.57 Å². The first-order chi connectivity index (χ1) is 11.3. The molecule has 0 N–H and O–H groups in total. The van der Waals surface area contributed by atoms with Gasteiger partial charge in [0.2, 0.25) is 0 Å². The van der Waals surface area contributed by atoms with Crippen molar-refractivity contribution in [3.63, 3.8) is 0 Å². The molecule has 0 fully saturated rings. The summed E-state index contributed by atoms with van der Waals surface area (Å²) >= 11 is 0. The molecule has 3 heterocycles. The van der Waals surface area contributed by atoms with Gasteiger partial charge >= 0.3 is 0 Å². The molecule has 0 spiro atoms. The van der Waals surface area contributed by atoms with Crippen molar-refractivity contribution in [1.29, 1.82) is 0 Å². The lowest BCUT2D eigenvalue weighted by Crippen LogP contribution is -2.47. The van der Waals surface area contributed by atoms with Gasteiger partial charge in [0, 0.05) is 29.9 Å². The summed E-state index contributed by atoms with van der Waals surface area (Å²) in [7, 11) is 2.10. The highest BCUT2D eigenvalue weighted by atomic mass is 15.0. The Bertz CT molecular complexity index is 976. The molecule has 1 aliphatic rings. The van der Waals surface area contributed by atoms with Gasteiger partial charge in [0.1, 0.15) is 5.69 Å². The maximum Gasteiger partial charge on any atom is 0.108 e. The van der Waals surface area contributed by atoms with Crippen LogP contribution in [0.3, 0.4) is 0 Å². The van der Waals surface area contributed by atoms with E-state index in [0.29, 0.717) is 0 Å². The zero-order valence-electron chi connectivity index (χ0n) is 14.8. The highest BCUT2D eigenvalue weighted by Crippen LogP contribution is 2.43. The molecule has 0 radical (unpaired) electrons. The Kier molecular flexibility index (Phi) is 2.99. The first-order valence-electron chi connectivity index (χ1n) is 8.29. The maximum atomic E-state index is 5.10. The summed E-state index contributed by atoms with van der Waals surface area (Å²) in [6, 6.07) is 10.1. The molecule has 1 aliphatic heterocycles.